The molecule has 1 aliphatic carbocycles. The molecule has 3 unspecified atom stereocenters. The molecule has 1 N–H and O–H groups in total. The van der Waals surface area contributed by atoms with Crippen molar-refractivity contribution in [3.8, 4) is 0 Å². The summed E-state index contributed by atoms with van der Waals surface area (Å²) in [6.45, 7) is 6.46. The molecule has 0 bridgehead atoms. The smallest absolute Gasteiger partial charge is 0.317 e. The first kappa shape index (κ1) is 17.8. The van der Waals surface area contributed by atoms with Gasteiger partial charge >= 0.3 is 6.18 Å². The van der Waals surface area contributed by atoms with Crippen LogP contribution in [0, 0.1) is 17.8 Å². The summed E-state index contributed by atoms with van der Waals surface area (Å²) in [6.07, 6.45) is -0.798. The summed E-state index contributed by atoms with van der Waals surface area (Å²) in [5.74, 6) is 1.59. The zero-order valence-electron chi connectivity index (χ0n) is 13.1. The third-order valence-electron chi connectivity index (χ3n) is 4.68. The predicted octanol–water partition coefficient (Wildman–Crippen LogP) is 3.53. The monoisotopic (exact) mass is 294 g/mol. The van der Waals surface area contributed by atoms with Crippen LogP contribution < -0.4 is 5.32 Å². The Kier molecular flexibility index (Phi) is 6.79. The lowest BCUT2D eigenvalue weighted by Crippen LogP contribution is -2.47. The van der Waals surface area contributed by atoms with Crippen molar-refractivity contribution >= 4 is 0 Å². The average molecular weight is 294 g/mol. The fraction of sp³-hybridized carbons (Fsp3) is 1.00. The van der Waals surface area contributed by atoms with Crippen LogP contribution in [0.5, 0.6) is 0 Å². The van der Waals surface area contributed by atoms with Crippen LogP contribution in [-0.4, -0.2) is 43.8 Å². The maximum absolute atomic E-state index is 12.6. The fourth-order valence-corrected chi connectivity index (χ4v) is 3.38. The molecular formula is C15H29F3N2. The number of alkyl halides is 3. The molecule has 3 atom stereocenters. The van der Waals surface area contributed by atoms with Crippen molar-refractivity contribution in [1.29, 1.82) is 0 Å². The summed E-state index contributed by atoms with van der Waals surface area (Å²) >= 11 is 0. The molecule has 0 radical (unpaired) electrons. The van der Waals surface area contributed by atoms with Gasteiger partial charge in [-0.15, -0.1) is 0 Å². The standard InChI is InChI=1S/C15H29F3N2/c1-5-20(10-15(16,17)18)9-13-8-12(11(2)3)6-7-14(13)19-4/h11-14,19H,5-10H2,1-4H3. The van der Waals surface area contributed by atoms with E-state index in [0.29, 0.717) is 36.9 Å². The van der Waals surface area contributed by atoms with E-state index in [-0.39, 0.29) is 0 Å². The normalized spacial score (nSPS) is 28.4. The summed E-state index contributed by atoms with van der Waals surface area (Å²) in [5, 5.41) is 3.30. The van der Waals surface area contributed by atoms with Crippen LogP contribution in [0.2, 0.25) is 0 Å². The number of rotatable bonds is 6. The number of hydrogen-bond donors (Lipinski definition) is 1. The highest BCUT2D eigenvalue weighted by Crippen LogP contribution is 2.34. The second kappa shape index (κ2) is 7.64. The minimum atomic E-state index is -4.10. The molecule has 20 heavy (non-hydrogen) atoms. The van der Waals surface area contributed by atoms with Crippen molar-refractivity contribution in [1.82, 2.24) is 10.2 Å². The Morgan fingerprint density at radius 2 is 1.90 bits per heavy atom. The Balaban J connectivity index is 2.63. The van der Waals surface area contributed by atoms with E-state index >= 15 is 0 Å². The van der Waals surface area contributed by atoms with Crippen LogP contribution in [0.1, 0.15) is 40.0 Å². The van der Waals surface area contributed by atoms with Crippen LogP contribution >= 0.6 is 0 Å². The average Bonchev–Trinajstić information content (AvgIpc) is 2.36. The van der Waals surface area contributed by atoms with E-state index in [0.717, 1.165) is 12.8 Å². The van der Waals surface area contributed by atoms with Crippen molar-refractivity contribution < 1.29 is 13.2 Å². The van der Waals surface area contributed by atoms with Crippen LogP contribution in [0.25, 0.3) is 0 Å². The molecule has 0 saturated heterocycles. The van der Waals surface area contributed by atoms with Crippen LogP contribution in [0.4, 0.5) is 13.2 Å². The Hall–Kier alpha value is -0.290. The molecule has 1 rings (SSSR count). The minimum Gasteiger partial charge on any atom is -0.317 e. The number of nitrogens with one attached hydrogen (secondary N) is 1. The van der Waals surface area contributed by atoms with Gasteiger partial charge in [0.05, 0.1) is 6.54 Å². The maximum Gasteiger partial charge on any atom is 0.401 e. The first-order valence-corrected chi connectivity index (χ1v) is 7.73. The molecule has 1 aliphatic rings. The largest absolute Gasteiger partial charge is 0.401 e. The lowest BCUT2D eigenvalue weighted by Gasteiger charge is -2.40. The summed E-state index contributed by atoms with van der Waals surface area (Å²) in [5.41, 5.74) is 0. The van der Waals surface area contributed by atoms with Gasteiger partial charge in [0.25, 0.3) is 0 Å². The first-order valence-electron chi connectivity index (χ1n) is 7.73. The second-order valence-electron chi connectivity index (χ2n) is 6.42. The van der Waals surface area contributed by atoms with E-state index in [1.165, 1.54) is 11.3 Å². The number of nitrogens with zero attached hydrogens (tertiary/aromatic N) is 1. The molecule has 0 heterocycles. The van der Waals surface area contributed by atoms with E-state index in [4.69, 9.17) is 0 Å². The lowest BCUT2D eigenvalue weighted by atomic mass is 9.73. The highest BCUT2D eigenvalue weighted by molar-refractivity contribution is 4.87. The van der Waals surface area contributed by atoms with Crippen molar-refractivity contribution in [2.24, 2.45) is 17.8 Å². The van der Waals surface area contributed by atoms with Crippen molar-refractivity contribution in [2.75, 3.05) is 26.7 Å². The van der Waals surface area contributed by atoms with Gasteiger partial charge in [0.1, 0.15) is 0 Å². The summed E-state index contributed by atoms with van der Waals surface area (Å²) in [7, 11) is 1.92. The van der Waals surface area contributed by atoms with Gasteiger partial charge in [0, 0.05) is 12.6 Å². The fourth-order valence-electron chi connectivity index (χ4n) is 3.38. The van der Waals surface area contributed by atoms with Crippen molar-refractivity contribution in [3.63, 3.8) is 0 Å². The Labute approximate surface area is 121 Å². The van der Waals surface area contributed by atoms with E-state index in [1.807, 2.05) is 14.0 Å². The van der Waals surface area contributed by atoms with Crippen LogP contribution in [0.3, 0.4) is 0 Å². The molecule has 1 fully saturated rings. The van der Waals surface area contributed by atoms with Gasteiger partial charge in [0.15, 0.2) is 0 Å². The molecule has 0 aromatic carbocycles. The molecule has 2 nitrogen and oxygen atoms in total. The van der Waals surface area contributed by atoms with Crippen LogP contribution in [0.15, 0.2) is 0 Å². The lowest BCUT2D eigenvalue weighted by molar-refractivity contribution is -0.147. The molecule has 0 aromatic rings. The summed E-state index contributed by atoms with van der Waals surface area (Å²) in [6, 6.07) is 0.354. The quantitative estimate of drug-likeness (QED) is 0.806. The van der Waals surface area contributed by atoms with E-state index in [9.17, 15) is 13.2 Å². The zero-order valence-corrected chi connectivity index (χ0v) is 13.1. The third kappa shape index (κ3) is 5.60. The molecule has 1 saturated carbocycles. The predicted molar refractivity (Wildman–Crippen MR) is 76.7 cm³/mol. The molecule has 0 spiro atoms. The van der Waals surface area contributed by atoms with E-state index < -0.39 is 12.7 Å². The summed E-state index contributed by atoms with van der Waals surface area (Å²) in [4.78, 5) is 1.54. The van der Waals surface area contributed by atoms with Gasteiger partial charge in [0.2, 0.25) is 0 Å². The highest BCUT2D eigenvalue weighted by Gasteiger charge is 2.35. The maximum atomic E-state index is 12.6. The zero-order chi connectivity index (χ0) is 15.3. The Bertz CT molecular complexity index is 279. The molecule has 0 aliphatic heterocycles. The van der Waals surface area contributed by atoms with Crippen LogP contribution in [-0.2, 0) is 0 Å². The first-order chi connectivity index (χ1) is 9.26. The molecular weight excluding hydrogens is 265 g/mol. The van der Waals surface area contributed by atoms with Gasteiger partial charge in [-0.3, -0.25) is 4.90 Å². The molecule has 0 aromatic heterocycles. The number of halogens is 3. The van der Waals surface area contributed by atoms with Crippen molar-refractivity contribution in [2.45, 2.75) is 52.3 Å². The van der Waals surface area contributed by atoms with E-state index in [2.05, 4.69) is 19.2 Å². The third-order valence-corrected chi connectivity index (χ3v) is 4.68. The SMILES string of the molecule is CCN(CC1CC(C(C)C)CCC1NC)CC(F)(F)F. The molecule has 0 amide bonds. The van der Waals surface area contributed by atoms with Gasteiger partial charge in [-0.2, -0.15) is 13.2 Å². The van der Waals surface area contributed by atoms with Gasteiger partial charge in [-0.25, -0.2) is 0 Å². The Morgan fingerprint density at radius 1 is 1.25 bits per heavy atom. The van der Waals surface area contributed by atoms with Crippen molar-refractivity contribution in [3.05, 3.63) is 0 Å². The second-order valence-corrected chi connectivity index (χ2v) is 6.42. The number of hydrogen-bond acceptors (Lipinski definition) is 2. The van der Waals surface area contributed by atoms with Gasteiger partial charge in [-0.05, 0) is 50.6 Å². The van der Waals surface area contributed by atoms with Gasteiger partial charge in [-0.1, -0.05) is 20.8 Å². The Morgan fingerprint density at radius 3 is 2.35 bits per heavy atom. The topological polar surface area (TPSA) is 15.3 Å². The highest BCUT2D eigenvalue weighted by atomic mass is 19.4. The molecule has 5 heteroatoms. The van der Waals surface area contributed by atoms with E-state index in [1.54, 1.807) is 0 Å². The van der Waals surface area contributed by atoms with Gasteiger partial charge < -0.3 is 5.32 Å². The summed E-state index contributed by atoms with van der Waals surface area (Å²) < 4.78 is 37.7. The molecule has 120 valence electrons. The minimum absolute atomic E-state index is 0.323.